The molecule has 3 heterocycles. The molecule has 4 rings (SSSR count). The summed E-state index contributed by atoms with van der Waals surface area (Å²) >= 11 is 0. The van der Waals surface area contributed by atoms with E-state index in [1.165, 1.54) is 0 Å². The fraction of sp³-hybridized carbons (Fsp3) is 0.500. The number of Topliss-reactive ketones (excluding diaryl/α,β-unsaturated/α-hetero) is 1. The van der Waals surface area contributed by atoms with Crippen LogP contribution in [0.3, 0.4) is 0 Å². The zero-order valence-corrected chi connectivity index (χ0v) is 21.6. The summed E-state index contributed by atoms with van der Waals surface area (Å²) < 4.78 is 0. The van der Waals surface area contributed by atoms with Gasteiger partial charge in [-0.25, -0.2) is 4.98 Å². The zero-order valence-electron chi connectivity index (χ0n) is 21.6. The lowest BCUT2D eigenvalue weighted by molar-refractivity contribution is 0.0924. The molecule has 2 atom stereocenters. The van der Waals surface area contributed by atoms with Crippen molar-refractivity contribution in [3.63, 3.8) is 0 Å². The molecule has 2 bridgehead atoms. The van der Waals surface area contributed by atoms with E-state index in [4.69, 9.17) is 5.73 Å². The number of fused-ring (bicyclic) bond motifs is 2. The van der Waals surface area contributed by atoms with Crippen LogP contribution >= 0.6 is 0 Å². The lowest BCUT2D eigenvalue weighted by Crippen LogP contribution is -2.50. The van der Waals surface area contributed by atoms with Gasteiger partial charge in [0.2, 0.25) is 0 Å². The molecule has 36 heavy (non-hydrogen) atoms. The van der Waals surface area contributed by atoms with Crippen LogP contribution in [0.15, 0.2) is 30.5 Å². The minimum Gasteiger partial charge on any atom is -0.382 e. The summed E-state index contributed by atoms with van der Waals surface area (Å²) in [5.74, 6) is 0.272. The van der Waals surface area contributed by atoms with Crippen molar-refractivity contribution >= 4 is 29.1 Å². The standard InChI is InChI=1S/C28H37N5O3/c1-5-19(6-2)31-25-14-23(16(3)11-24(25)27(29)35)28(36)32-20-12-21-8-9-22(13-20)33(21)26-10-7-18(15-30-26)17(4)34/h7,10-11,14-15,19-22,31H,5-6,8-9,12-13H2,1-4H3,(H2,29,35)(H,32,36). The lowest BCUT2D eigenvalue weighted by Gasteiger charge is -2.40. The molecule has 2 aromatic rings. The third-order valence-corrected chi connectivity index (χ3v) is 7.71. The van der Waals surface area contributed by atoms with Gasteiger partial charge in [0.15, 0.2) is 5.78 Å². The highest BCUT2D eigenvalue weighted by Gasteiger charge is 2.42. The van der Waals surface area contributed by atoms with Crippen LogP contribution < -0.4 is 21.3 Å². The Bertz CT molecular complexity index is 1130. The Morgan fingerprint density at radius 2 is 1.75 bits per heavy atom. The van der Waals surface area contributed by atoms with Crippen LogP contribution in [-0.4, -0.2) is 46.7 Å². The third kappa shape index (κ3) is 5.22. The average Bonchev–Trinajstić information content (AvgIpc) is 3.12. The predicted octanol–water partition coefficient (Wildman–Crippen LogP) is 4.22. The first-order chi connectivity index (χ1) is 17.2. The van der Waals surface area contributed by atoms with Crippen LogP contribution in [-0.2, 0) is 0 Å². The molecule has 1 aromatic heterocycles. The monoisotopic (exact) mass is 491 g/mol. The number of anilines is 2. The minimum atomic E-state index is -0.507. The van der Waals surface area contributed by atoms with E-state index in [1.54, 1.807) is 25.3 Å². The number of nitrogens with two attached hydrogens (primary N) is 1. The fourth-order valence-electron chi connectivity index (χ4n) is 5.67. The Morgan fingerprint density at radius 3 is 2.28 bits per heavy atom. The normalized spacial score (nSPS) is 20.9. The van der Waals surface area contributed by atoms with Crippen LogP contribution in [0.25, 0.3) is 0 Å². The summed E-state index contributed by atoms with van der Waals surface area (Å²) in [5.41, 5.74) is 8.56. The number of aromatic nitrogens is 1. The molecular weight excluding hydrogens is 454 g/mol. The summed E-state index contributed by atoms with van der Waals surface area (Å²) in [5, 5.41) is 6.65. The second kappa shape index (κ2) is 10.7. The number of hydrogen-bond donors (Lipinski definition) is 3. The molecule has 2 fully saturated rings. The maximum atomic E-state index is 13.4. The van der Waals surface area contributed by atoms with Crippen molar-refractivity contribution in [2.45, 2.75) is 90.4 Å². The molecule has 8 heteroatoms. The van der Waals surface area contributed by atoms with Gasteiger partial charge in [0.25, 0.3) is 11.8 Å². The van der Waals surface area contributed by atoms with Crippen LogP contribution in [0.1, 0.15) is 95.9 Å². The average molecular weight is 492 g/mol. The molecular formula is C28H37N5O3. The number of nitrogens with one attached hydrogen (secondary N) is 2. The summed E-state index contributed by atoms with van der Waals surface area (Å²) in [6, 6.07) is 8.11. The number of carbonyl (C=O) groups is 3. The van der Waals surface area contributed by atoms with Crippen molar-refractivity contribution in [3.8, 4) is 0 Å². The Labute approximate surface area is 213 Å². The Hall–Kier alpha value is -3.42. The summed E-state index contributed by atoms with van der Waals surface area (Å²) in [6.07, 6.45) is 7.25. The van der Waals surface area contributed by atoms with Gasteiger partial charge in [0, 0.05) is 47.2 Å². The summed E-state index contributed by atoms with van der Waals surface area (Å²) in [6.45, 7) is 7.55. The van der Waals surface area contributed by atoms with E-state index < -0.39 is 5.91 Å². The van der Waals surface area contributed by atoms with E-state index in [0.29, 0.717) is 34.5 Å². The number of ketones is 1. The maximum Gasteiger partial charge on any atom is 0.251 e. The first kappa shape index (κ1) is 25.7. The number of pyridine rings is 1. The van der Waals surface area contributed by atoms with Gasteiger partial charge in [0.05, 0.1) is 5.56 Å². The lowest BCUT2D eigenvalue weighted by atomic mass is 9.95. The molecule has 2 aliphatic heterocycles. The predicted molar refractivity (Wildman–Crippen MR) is 142 cm³/mol. The quantitative estimate of drug-likeness (QED) is 0.452. The van der Waals surface area contributed by atoms with Gasteiger partial charge >= 0.3 is 0 Å². The SMILES string of the molecule is CCC(CC)Nc1cc(C(=O)NC2CC3CCC(C2)N3c2ccc(C(C)=O)cn2)c(C)cc1C(N)=O. The topological polar surface area (TPSA) is 117 Å². The molecule has 0 radical (unpaired) electrons. The van der Waals surface area contributed by atoms with Crippen LogP contribution in [0.4, 0.5) is 11.5 Å². The van der Waals surface area contributed by atoms with Crippen LogP contribution in [0.2, 0.25) is 0 Å². The number of nitrogens with zero attached hydrogens (tertiary/aromatic N) is 2. The van der Waals surface area contributed by atoms with Crippen molar-refractivity contribution in [3.05, 3.63) is 52.7 Å². The van der Waals surface area contributed by atoms with Crippen molar-refractivity contribution < 1.29 is 14.4 Å². The van der Waals surface area contributed by atoms with Crippen molar-refractivity contribution in [2.24, 2.45) is 5.73 Å². The number of primary amides is 1. The van der Waals surface area contributed by atoms with Crippen LogP contribution in [0.5, 0.6) is 0 Å². The smallest absolute Gasteiger partial charge is 0.251 e. The molecule has 2 unspecified atom stereocenters. The van der Waals surface area contributed by atoms with Gasteiger partial charge in [-0.05, 0) is 82.2 Å². The van der Waals surface area contributed by atoms with Crippen molar-refractivity contribution in [1.82, 2.24) is 10.3 Å². The van der Waals surface area contributed by atoms with Gasteiger partial charge in [0.1, 0.15) is 5.82 Å². The number of hydrogen-bond acceptors (Lipinski definition) is 6. The highest BCUT2D eigenvalue weighted by atomic mass is 16.2. The highest BCUT2D eigenvalue weighted by molar-refractivity contribution is 6.03. The largest absolute Gasteiger partial charge is 0.382 e. The number of amides is 2. The molecule has 2 saturated heterocycles. The van der Waals surface area contributed by atoms with Crippen molar-refractivity contribution in [1.29, 1.82) is 0 Å². The van der Waals surface area contributed by atoms with Gasteiger partial charge in [-0.15, -0.1) is 0 Å². The summed E-state index contributed by atoms with van der Waals surface area (Å²) in [7, 11) is 0. The fourth-order valence-corrected chi connectivity index (χ4v) is 5.67. The molecule has 1 aromatic carbocycles. The van der Waals surface area contributed by atoms with Gasteiger partial charge in [-0.3, -0.25) is 14.4 Å². The van der Waals surface area contributed by atoms with Gasteiger partial charge < -0.3 is 21.3 Å². The zero-order chi connectivity index (χ0) is 26.0. The highest BCUT2D eigenvalue weighted by Crippen LogP contribution is 2.38. The van der Waals surface area contributed by atoms with E-state index in [9.17, 15) is 14.4 Å². The molecule has 192 valence electrons. The van der Waals surface area contributed by atoms with E-state index in [-0.39, 0.29) is 23.8 Å². The second-order valence-corrected chi connectivity index (χ2v) is 10.1. The molecule has 0 spiro atoms. The van der Waals surface area contributed by atoms with Gasteiger partial charge in [-0.2, -0.15) is 0 Å². The maximum absolute atomic E-state index is 13.4. The Morgan fingerprint density at radius 1 is 1.08 bits per heavy atom. The molecule has 2 aliphatic rings. The first-order valence-electron chi connectivity index (χ1n) is 13.0. The molecule has 2 amide bonds. The minimum absolute atomic E-state index is 0.0101. The first-order valence-corrected chi connectivity index (χ1v) is 13.0. The number of carbonyl (C=O) groups excluding carboxylic acids is 3. The number of benzene rings is 1. The Balaban J connectivity index is 1.48. The number of piperidine rings is 1. The van der Waals surface area contributed by atoms with E-state index in [1.807, 2.05) is 19.1 Å². The molecule has 0 aliphatic carbocycles. The van der Waals surface area contributed by atoms with Crippen molar-refractivity contribution in [2.75, 3.05) is 10.2 Å². The Kier molecular flexibility index (Phi) is 7.62. The molecule has 4 N–H and O–H groups in total. The van der Waals surface area contributed by atoms with Gasteiger partial charge in [-0.1, -0.05) is 13.8 Å². The third-order valence-electron chi connectivity index (χ3n) is 7.71. The second-order valence-electron chi connectivity index (χ2n) is 10.1. The number of aryl methyl sites for hydroxylation is 1. The van der Waals surface area contributed by atoms with E-state index in [2.05, 4.69) is 34.4 Å². The molecule has 0 saturated carbocycles. The van der Waals surface area contributed by atoms with E-state index in [0.717, 1.165) is 49.9 Å². The summed E-state index contributed by atoms with van der Waals surface area (Å²) in [4.78, 5) is 43.9. The molecule has 8 nitrogen and oxygen atoms in total. The van der Waals surface area contributed by atoms with Crippen LogP contribution in [0, 0.1) is 6.92 Å². The van der Waals surface area contributed by atoms with E-state index >= 15 is 0 Å². The number of rotatable bonds is 9.